The average Bonchev–Trinajstić information content (AvgIpc) is 2.80. The average molecular weight is 290 g/mol. The molecule has 0 radical (unpaired) electrons. The zero-order valence-electron chi connectivity index (χ0n) is 10.3. The van der Waals surface area contributed by atoms with Crippen LogP contribution in [0.15, 0.2) is 22.6 Å². The smallest absolute Gasteiger partial charge is 0.383 e. The van der Waals surface area contributed by atoms with Crippen molar-refractivity contribution in [3.8, 4) is 0 Å². The minimum Gasteiger partial charge on any atom is -0.441 e. The Morgan fingerprint density at radius 2 is 2.15 bits per heavy atom. The van der Waals surface area contributed by atoms with E-state index in [4.69, 9.17) is 4.42 Å². The van der Waals surface area contributed by atoms with Crippen LogP contribution in [-0.4, -0.2) is 23.2 Å². The van der Waals surface area contributed by atoms with Crippen LogP contribution >= 0.6 is 0 Å². The maximum atomic E-state index is 12.8. The molecule has 20 heavy (non-hydrogen) atoms. The number of benzene rings is 1. The van der Waals surface area contributed by atoms with Crippen LogP contribution in [0.25, 0.3) is 11.1 Å². The van der Waals surface area contributed by atoms with E-state index in [1.165, 1.54) is 18.2 Å². The van der Waals surface area contributed by atoms with Crippen LogP contribution in [0.2, 0.25) is 0 Å². The molecule has 0 spiro atoms. The Balaban J connectivity index is 2.24. The van der Waals surface area contributed by atoms with Crippen LogP contribution in [0, 0.1) is 0 Å². The number of hydrogen-bond acceptors (Lipinski definition) is 3. The summed E-state index contributed by atoms with van der Waals surface area (Å²) in [7, 11) is 0. The van der Waals surface area contributed by atoms with Gasteiger partial charge in [-0.3, -0.25) is 4.79 Å². The molecule has 0 bridgehead atoms. The summed E-state index contributed by atoms with van der Waals surface area (Å²) in [5.41, 5.74) is 0.708. The summed E-state index contributed by atoms with van der Waals surface area (Å²) in [4.78, 5) is 15.1. The lowest BCUT2D eigenvalue weighted by atomic mass is 10.2. The predicted octanol–water partition coefficient (Wildman–Crippen LogP) is 3.23. The van der Waals surface area contributed by atoms with E-state index in [0.29, 0.717) is 23.4 Å². The van der Waals surface area contributed by atoms with Gasteiger partial charge in [-0.25, -0.2) is 13.8 Å². The summed E-state index contributed by atoms with van der Waals surface area (Å²) < 4.78 is 55.0. The van der Waals surface area contributed by atoms with Crippen LogP contribution in [0.3, 0.4) is 0 Å². The second-order valence-electron chi connectivity index (χ2n) is 4.02. The number of carbonyl (C=O) groups is 1. The Labute approximate surface area is 110 Å². The number of nitrogens with zero attached hydrogens (tertiary/aromatic N) is 1. The van der Waals surface area contributed by atoms with Gasteiger partial charge in [0.1, 0.15) is 5.52 Å². The SMILES string of the molecule is CCc1nc2cc(NC(=O)C(F)(F)C(F)F)ccc2o1. The van der Waals surface area contributed by atoms with Crippen molar-refractivity contribution >= 4 is 22.7 Å². The molecule has 0 aliphatic rings. The number of hydrogen-bond donors (Lipinski definition) is 1. The number of anilines is 1. The lowest BCUT2D eigenvalue weighted by molar-refractivity contribution is -0.163. The molecule has 0 saturated carbocycles. The highest BCUT2D eigenvalue weighted by atomic mass is 19.3. The Bertz CT molecular complexity index is 639. The molecule has 0 atom stereocenters. The van der Waals surface area contributed by atoms with Crippen LogP contribution in [0.5, 0.6) is 0 Å². The van der Waals surface area contributed by atoms with Gasteiger partial charge in [0.2, 0.25) is 0 Å². The topological polar surface area (TPSA) is 55.1 Å². The van der Waals surface area contributed by atoms with Crippen molar-refractivity contribution in [3.05, 3.63) is 24.1 Å². The minimum absolute atomic E-state index is 0.0567. The zero-order valence-corrected chi connectivity index (χ0v) is 10.3. The molecule has 0 fully saturated rings. The van der Waals surface area contributed by atoms with Crippen LogP contribution < -0.4 is 5.32 Å². The molecule has 8 heteroatoms. The van der Waals surface area contributed by atoms with Gasteiger partial charge in [-0.05, 0) is 18.2 Å². The van der Waals surface area contributed by atoms with Crippen LogP contribution in [0.1, 0.15) is 12.8 Å². The Morgan fingerprint density at radius 1 is 1.45 bits per heavy atom. The first-order valence-corrected chi connectivity index (χ1v) is 5.71. The number of fused-ring (bicyclic) bond motifs is 1. The fraction of sp³-hybridized carbons (Fsp3) is 0.333. The number of nitrogens with one attached hydrogen (secondary N) is 1. The summed E-state index contributed by atoms with van der Waals surface area (Å²) in [5.74, 6) is -6.36. The lowest BCUT2D eigenvalue weighted by Gasteiger charge is -2.14. The highest BCUT2D eigenvalue weighted by molar-refractivity contribution is 5.97. The number of oxazole rings is 1. The zero-order chi connectivity index (χ0) is 14.9. The van der Waals surface area contributed by atoms with Gasteiger partial charge in [0.15, 0.2) is 11.5 Å². The second-order valence-corrected chi connectivity index (χ2v) is 4.02. The Hall–Kier alpha value is -2.12. The lowest BCUT2D eigenvalue weighted by Crippen LogP contribution is -2.40. The maximum Gasteiger partial charge on any atom is 0.383 e. The highest BCUT2D eigenvalue weighted by Crippen LogP contribution is 2.26. The van der Waals surface area contributed by atoms with Gasteiger partial charge in [0.25, 0.3) is 0 Å². The highest BCUT2D eigenvalue weighted by Gasteiger charge is 2.48. The molecule has 1 amide bonds. The van der Waals surface area contributed by atoms with E-state index in [0.717, 1.165) is 0 Å². The van der Waals surface area contributed by atoms with Crippen LogP contribution in [-0.2, 0) is 11.2 Å². The van der Waals surface area contributed by atoms with E-state index in [2.05, 4.69) is 4.98 Å². The minimum atomic E-state index is -4.74. The molecule has 1 aromatic carbocycles. The van der Waals surface area contributed by atoms with Gasteiger partial charge < -0.3 is 9.73 Å². The van der Waals surface area contributed by atoms with Gasteiger partial charge in [0, 0.05) is 12.1 Å². The molecule has 1 N–H and O–H groups in total. The van der Waals surface area contributed by atoms with Crippen LogP contribution in [0.4, 0.5) is 23.2 Å². The van der Waals surface area contributed by atoms with Crippen molar-refractivity contribution in [1.82, 2.24) is 4.98 Å². The third-order valence-corrected chi connectivity index (χ3v) is 2.57. The van der Waals surface area contributed by atoms with E-state index in [9.17, 15) is 22.4 Å². The molecule has 2 rings (SSSR count). The molecule has 108 valence electrons. The molecule has 1 aromatic heterocycles. The van der Waals surface area contributed by atoms with E-state index in [1.54, 1.807) is 5.32 Å². The second kappa shape index (κ2) is 5.10. The molecule has 0 aliphatic carbocycles. The number of aromatic nitrogens is 1. The third kappa shape index (κ3) is 2.59. The number of carbonyl (C=O) groups excluding carboxylic acids is 1. The molecule has 0 saturated heterocycles. The van der Waals surface area contributed by atoms with Gasteiger partial charge in [-0.15, -0.1) is 0 Å². The summed E-state index contributed by atoms with van der Waals surface area (Å²) >= 11 is 0. The number of amides is 1. The van der Waals surface area contributed by atoms with Crippen molar-refractivity contribution in [2.24, 2.45) is 0 Å². The standard InChI is InChI=1S/C12H10F4N2O2/c1-2-9-18-7-5-6(3-4-8(7)20-9)17-11(19)12(15,16)10(13)14/h3-5,10H,2H2,1H3,(H,17,19). The third-order valence-electron chi connectivity index (χ3n) is 2.57. The normalized spacial score (nSPS) is 12.1. The summed E-state index contributed by atoms with van der Waals surface area (Å²) in [6.45, 7) is 1.82. The van der Waals surface area contributed by atoms with Crippen molar-refractivity contribution < 1.29 is 26.8 Å². The number of aryl methyl sites for hydroxylation is 1. The largest absolute Gasteiger partial charge is 0.441 e. The fourth-order valence-electron chi connectivity index (χ4n) is 1.52. The fourth-order valence-corrected chi connectivity index (χ4v) is 1.52. The molecule has 2 aromatic rings. The Kier molecular flexibility index (Phi) is 3.65. The van der Waals surface area contributed by atoms with E-state index in [-0.39, 0.29) is 5.69 Å². The van der Waals surface area contributed by atoms with Crippen molar-refractivity contribution in [2.45, 2.75) is 25.7 Å². The molecular formula is C12H10F4N2O2. The van der Waals surface area contributed by atoms with Crippen molar-refractivity contribution in [1.29, 1.82) is 0 Å². The summed E-state index contributed by atoms with van der Waals surface area (Å²) in [6.07, 6.45) is -3.52. The van der Waals surface area contributed by atoms with E-state index < -0.39 is 18.3 Å². The number of rotatable bonds is 4. The number of alkyl halides is 4. The maximum absolute atomic E-state index is 12.8. The van der Waals surface area contributed by atoms with E-state index >= 15 is 0 Å². The number of halogens is 4. The summed E-state index contributed by atoms with van der Waals surface area (Å²) in [5, 5.41) is 1.73. The Morgan fingerprint density at radius 3 is 2.75 bits per heavy atom. The van der Waals surface area contributed by atoms with E-state index in [1.807, 2.05) is 6.92 Å². The monoisotopic (exact) mass is 290 g/mol. The first-order valence-electron chi connectivity index (χ1n) is 5.71. The summed E-state index contributed by atoms with van der Waals surface area (Å²) in [6, 6.07) is 3.96. The molecular weight excluding hydrogens is 280 g/mol. The van der Waals surface area contributed by atoms with Gasteiger partial charge in [-0.2, -0.15) is 8.78 Å². The molecule has 4 nitrogen and oxygen atoms in total. The molecule has 0 unspecified atom stereocenters. The quantitative estimate of drug-likeness (QED) is 0.879. The van der Waals surface area contributed by atoms with Gasteiger partial charge in [-0.1, -0.05) is 6.92 Å². The van der Waals surface area contributed by atoms with Crippen molar-refractivity contribution in [2.75, 3.05) is 5.32 Å². The predicted molar refractivity (Wildman–Crippen MR) is 63.0 cm³/mol. The first kappa shape index (κ1) is 14.3. The van der Waals surface area contributed by atoms with Crippen molar-refractivity contribution in [3.63, 3.8) is 0 Å². The molecule has 0 aliphatic heterocycles. The first-order chi connectivity index (χ1) is 9.34. The van der Waals surface area contributed by atoms with Gasteiger partial charge >= 0.3 is 18.3 Å². The molecule has 1 heterocycles. The van der Waals surface area contributed by atoms with Gasteiger partial charge in [0.05, 0.1) is 0 Å².